The second kappa shape index (κ2) is 5.69. The fourth-order valence-corrected chi connectivity index (χ4v) is 2.49. The second-order valence-corrected chi connectivity index (χ2v) is 5.41. The molecule has 0 amide bonds. The predicted octanol–water partition coefficient (Wildman–Crippen LogP) is 1.22. The lowest BCUT2D eigenvalue weighted by Gasteiger charge is -2.20. The lowest BCUT2D eigenvalue weighted by Crippen LogP contribution is -2.24. The van der Waals surface area contributed by atoms with Gasteiger partial charge in [-0.3, -0.25) is 4.68 Å². The first kappa shape index (κ1) is 13.8. The molecule has 2 aromatic heterocycles. The van der Waals surface area contributed by atoms with Gasteiger partial charge in [0.2, 0.25) is 5.95 Å². The highest BCUT2D eigenvalue weighted by atomic mass is 16.5. The molecule has 3 heterocycles. The molecule has 7 nitrogen and oxygen atoms in total. The lowest BCUT2D eigenvalue weighted by molar-refractivity contribution is 0.107. The van der Waals surface area contributed by atoms with Gasteiger partial charge in [0.1, 0.15) is 11.9 Å². The summed E-state index contributed by atoms with van der Waals surface area (Å²) in [6, 6.07) is 2.07. The fourth-order valence-electron chi connectivity index (χ4n) is 2.49. The molecule has 1 aliphatic rings. The van der Waals surface area contributed by atoms with E-state index in [1.165, 1.54) is 0 Å². The van der Waals surface area contributed by atoms with E-state index in [2.05, 4.69) is 20.4 Å². The first-order chi connectivity index (χ1) is 10.1. The van der Waals surface area contributed by atoms with E-state index in [0.29, 0.717) is 5.95 Å². The van der Waals surface area contributed by atoms with Gasteiger partial charge in [-0.1, -0.05) is 0 Å². The highest BCUT2D eigenvalue weighted by Gasteiger charge is 2.30. The molecule has 2 aromatic rings. The zero-order valence-electron chi connectivity index (χ0n) is 12.5. The van der Waals surface area contributed by atoms with E-state index in [1.54, 1.807) is 10.9 Å². The minimum Gasteiger partial charge on any atom is -0.371 e. The Morgan fingerprint density at radius 2 is 2.29 bits per heavy atom. The molecule has 0 aromatic carbocycles. The number of aromatic nitrogens is 4. The maximum atomic E-state index is 5.85. The van der Waals surface area contributed by atoms with Crippen LogP contribution in [-0.2, 0) is 11.8 Å². The molecule has 0 spiro atoms. The number of nitrogens with zero attached hydrogens (tertiary/aromatic N) is 5. The normalized spacial score (nSPS) is 21.5. The van der Waals surface area contributed by atoms with Crippen LogP contribution in [0.3, 0.4) is 0 Å². The molecule has 0 unspecified atom stereocenters. The van der Waals surface area contributed by atoms with Crippen LogP contribution >= 0.6 is 0 Å². The van der Waals surface area contributed by atoms with Crippen LogP contribution in [0.25, 0.3) is 0 Å². The number of anilines is 2. The summed E-state index contributed by atoms with van der Waals surface area (Å²) in [5.74, 6) is 1.51. The van der Waals surface area contributed by atoms with Gasteiger partial charge in [-0.05, 0) is 12.5 Å². The van der Waals surface area contributed by atoms with Crippen LogP contribution in [0, 0.1) is 0 Å². The number of rotatable bonds is 4. The third kappa shape index (κ3) is 2.97. The average molecular weight is 288 g/mol. The Balaban J connectivity index is 1.76. The van der Waals surface area contributed by atoms with Crippen molar-refractivity contribution < 1.29 is 4.74 Å². The first-order valence-electron chi connectivity index (χ1n) is 7.00. The maximum Gasteiger partial charge on any atom is 0.226 e. The standard InChI is InChI=1S/C14H20N6O/c1-19(2)14-15-6-4-12(18-14)17-11-5-7-21-13(11)10-8-16-20(3)9-10/h4,6,8-9,11,13H,5,7H2,1-3H3,(H,15,17,18)/t11-,13+/m0/s1. The summed E-state index contributed by atoms with van der Waals surface area (Å²) in [4.78, 5) is 10.6. The Morgan fingerprint density at radius 3 is 3.00 bits per heavy atom. The number of nitrogens with one attached hydrogen (secondary N) is 1. The zero-order valence-corrected chi connectivity index (χ0v) is 12.5. The summed E-state index contributed by atoms with van der Waals surface area (Å²) in [6.45, 7) is 0.739. The Morgan fingerprint density at radius 1 is 1.43 bits per heavy atom. The van der Waals surface area contributed by atoms with Crippen molar-refractivity contribution in [1.82, 2.24) is 19.7 Å². The van der Waals surface area contributed by atoms with Gasteiger partial charge in [-0.25, -0.2) is 4.98 Å². The summed E-state index contributed by atoms with van der Waals surface area (Å²) < 4.78 is 7.64. The van der Waals surface area contributed by atoms with Gasteiger partial charge in [-0.15, -0.1) is 0 Å². The van der Waals surface area contributed by atoms with E-state index in [1.807, 2.05) is 44.5 Å². The number of aryl methyl sites for hydroxylation is 1. The molecule has 1 aliphatic heterocycles. The molecule has 1 fully saturated rings. The minimum absolute atomic E-state index is 0.0106. The average Bonchev–Trinajstić information content (AvgIpc) is 3.08. The number of hydrogen-bond acceptors (Lipinski definition) is 6. The van der Waals surface area contributed by atoms with E-state index in [4.69, 9.17) is 4.74 Å². The first-order valence-corrected chi connectivity index (χ1v) is 7.00. The van der Waals surface area contributed by atoms with E-state index in [0.717, 1.165) is 24.4 Å². The van der Waals surface area contributed by atoms with Gasteiger partial charge in [0.25, 0.3) is 0 Å². The third-order valence-corrected chi connectivity index (χ3v) is 3.52. The molecule has 21 heavy (non-hydrogen) atoms. The smallest absolute Gasteiger partial charge is 0.226 e. The van der Waals surface area contributed by atoms with Gasteiger partial charge >= 0.3 is 0 Å². The highest BCUT2D eigenvalue weighted by Crippen LogP contribution is 2.30. The monoisotopic (exact) mass is 288 g/mol. The molecule has 7 heteroatoms. The van der Waals surface area contributed by atoms with Crippen molar-refractivity contribution in [3.05, 3.63) is 30.2 Å². The minimum atomic E-state index is 0.0106. The van der Waals surface area contributed by atoms with Gasteiger partial charge in [-0.2, -0.15) is 10.1 Å². The molecule has 2 atom stereocenters. The SMILES string of the molecule is CN(C)c1nccc(N[C@H]2CCO[C@@H]2c2cnn(C)c2)n1. The molecule has 1 N–H and O–H groups in total. The Kier molecular flexibility index (Phi) is 3.74. The summed E-state index contributed by atoms with van der Waals surface area (Å²) in [7, 11) is 5.77. The predicted molar refractivity (Wildman–Crippen MR) is 80.3 cm³/mol. The van der Waals surface area contributed by atoms with Gasteiger partial charge < -0.3 is 15.0 Å². The zero-order chi connectivity index (χ0) is 14.8. The van der Waals surface area contributed by atoms with Crippen LogP contribution in [0.2, 0.25) is 0 Å². The molecule has 1 saturated heterocycles. The van der Waals surface area contributed by atoms with Crippen molar-refractivity contribution in [1.29, 1.82) is 0 Å². The van der Waals surface area contributed by atoms with Crippen LogP contribution < -0.4 is 10.2 Å². The third-order valence-electron chi connectivity index (χ3n) is 3.52. The van der Waals surface area contributed by atoms with E-state index >= 15 is 0 Å². The van der Waals surface area contributed by atoms with Gasteiger partial charge in [0, 0.05) is 45.7 Å². The van der Waals surface area contributed by atoms with Gasteiger partial charge in [0.15, 0.2) is 0 Å². The molecule has 0 saturated carbocycles. The van der Waals surface area contributed by atoms with Crippen LogP contribution in [-0.4, -0.2) is 46.5 Å². The molecular formula is C14H20N6O. The highest BCUT2D eigenvalue weighted by molar-refractivity contribution is 5.42. The van der Waals surface area contributed by atoms with Crippen molar-refractivity contribution in [3.8, 4) is 0 Å². The maximum absolute atomic E-state index is 5.85. The van der Waals surface area contributed by atoms with Crippen LogP contribution in [0.15, 0.2) is 24.7 Å². The second-order valence-electron chi connectivity index (χ2n) is 5.41. The van der Waals surface area contributed by atoms with Gasteiger partial charge in [0.05, 0.1) is 12.2 Å². The Hall–Kier alpha value is -2.15. The molecule has 0 radical (unpaired) electrons. The lowest BCUT2D eigenvalue weighted by atomic mass is 10.1. The quantitative estimate of drug-likeness (QED) is 0.912. The van der Waals surface area contributed by atoms with E-state index in [-0.39, 0.29) is 12.1 Å². The van der Waals surface area contributed by atoms with Crippen molar-refractivity contribution >= 4 is 11.8 Å². The van der Waals surface area contributed by atoms with E-state index in [9.17, 15) is 0 Å². The molecule has 0 bridgehead atoms. The van der Waals surface area contributed by atoms with Crippen LogP contribution in [0.1, 0.15) is 18.1 Å². The van der Waals surface area contributed by atoms with Crippen LogP contribution in [0.4, 0.5) is 11.8 Å². The number of hydrogen-bond donors (Lipinski definition) is 1. The fraction of sp³-hybridized carbons (Fsp3) is 0.500. The van der Waals surface area contributed by atoms with Crippen molar-refractivity contribution in [3.63, 3.8) is 0 Å². The molecule has 112 valence electrons. The molecule has 3 rings (SSSR count). The molecule has 0 aliphatic carbocycles. The summed E-state index contributed by atoms with van der Waals surface area (Å²) >= 11 is 0. The van der Waals surface area contributed by atoms with E-state index < -0.39 is 0 Å². The van der Waals surface area contributed by atoms with Crippen molar-refractivity contribution in [2.75, 3.05) is 30.9 Å². The number of ether oxygens (including phenoxy) is 1. The molecular weight excluding hydrogens is 268 g/mol. The Labute approximate surface area is 124 Å². The topological polar surface area (TPSA) is 68.1 Å². The van der Waals surface area contributed by atoms with Crippen LogP contribution in [0.5, 0.6) is 0 Å². The Bertz CT molecular complexity index is 611. The van der Waals surface area contributed by atoms with Crippen molar-refractivity contribution in [2.24, 2.45) is 7.05 Å². The summed E-state index contributed by atoms with van der Waals surface area (Å²) in [5.41, 5.74) is 1.09. The summed E-state index contributed by atoms with van der Waals surface area (Å²) in [5, 5.41) is 7.67. The largest absolute Gasteiger partial charge is 0.371 e. The van der Waals surface area contributed by atoms with Crippen molar-refractivity contribution in [2.45, 2.75) is 18.6 Å². The summed E-state index contributed by atoms with van der Waals surface area (Å²) in [6.07, 6.45) is 6.57.